The number of rotatable bonds is 4. The van der Waals surface area contributed by atoms with Crippen LogP contribution in [0, 0.1) is 5.92 Å². The van der Waals surface area contributed by atoms with E-state index in [1.165, 1.54) is 19.3 Å². The van der Waals surface area contributed by atoms with E-state index in [2.05, 4.69) is 19.2 Å². The fourth-order valence-electron chi connectivity index (χ4n) is 2.04. The zero-order chi connectivity index (χ0) is 9.73. The second-order valence-electron chi connectivity index (χ2n) is 4.77. The minimum Gasteiger partial charge on any atom is -0.394 e. The smallest absolute Gasteiger partial charge is 0.0613 e. The number of aliphatic hydroxyl groups excluding tert-OH is 1. The molecule has 0 aromatic heterocycles. The van der Waals surface area contributed by atoms with Gasteiger partial charge in [-0.3, -0.25) is 0 Å². The van der Waals surface area contributed by atoms with Crippen molar-refractivity contribution in [3.05, 3.63) is 0 Å². The summed E-state index contributed by atoms with van der Waals surface area (Å²) in [5.74, 6) is 0.672. The maximum absolute atomic E-state index is 9.39. The molecule has 0 heterocycles. The first-order valence-corrected chi connectivity index (χ1v) is 5.54. The van der Waals surface area contributed by atoms with Gasteiger partial charge >= 0.3 is 0 Å². The molecule has 0 aliphatic heterocycles. The van der Waals surface area contributed by atoms with Crippen molar-refractivity contribution in [3.8, 4) is 0 Å². The van der Waals surface area contributed by atoms with Crippen molar-refractivity contribution in [3.63, 3.8) is 0 Å². The monoisotopic (exact) mass is 185 g/mol. The van der Waals surface area contributed by atoms with Crippen LogP contribution in [0.15, 0.2) is 0 Å². The van der Waals surface area contributed by atoms with Crippen LogP contribution in [0.4, 0.5) is 0 Å². The molecule has 1 fully saturated rings. The van der Waals surface area contributed by atoms with Gasteiger partial charge in [-0.05, 0) is 25.3 Å². The van der Waals surface area contributed by atoms with Crippen LogP contribution in [0.3, 0.4) is 0 Å². The van der Waals surface area contributed by atoms with Crippen molar-refractivity contribution in [1.82, 2.24) is 5.32 Å². The standard InChI is InChI=1S/C11H23NO/c1-10(2)8-12-11(9-13)6-4-3-5-7-11/h10,12-13H,3-9H2,1-2H3. The van der Waals surface area contributed by atoms with E-state index in [1.54, 1.807) is 0 Å². The molecule has 0 aromatic carbocycles. The van der Waals surface area contributed by atoms with Crippen LogP contribution in [0.2, 0.25) is 0 Å². The summed E-state index contributed by atoms with van der Waals surface area (Å²) in [6, 6.07) is 0. The van der Waals surface area contributed by atoms with Crippen LogP contribution in [-0.2, 0) is 0 Å². The lowest BCUT2D eigenvalue weighted by Gasteiger charge is -2.37. The molecule has 1 saturated carbocycles. The Labute approximate surface area is 81.7 Å². The Kier molecular flexibility index (Phi) is 4.20. The fourth-order valence-corrected chi connectivity index (χ4v) is 2.04. The third-order valence-corrected chi connectivity index (χ3v) is 3.00. The minimum atomic E-state index is 0.0581. The van der Waals surface area contributed by atoms with Crippen LogP contribution in [-0.4, -0.2) is 23.8 Å². The Morgan fingerprint density at radius 2 is 1.85 bits per heavy atom. The van der Waals surface area contributed by atoms with Crippen LogP contribution in [0.5, 0.6) is 0 Å². The van der Waals surface area contributed by atoms with Crippen molar-refractivity contribution in [2.75, 3.05) is 13.2 Å². The van der Waals surface area contributed by atoms with Crippen LogP contribution in [0.1, 0.15) is 46.0 Å². The molecule has 13 heavy (non-hydrogen) atoms. The molecule has 0 amide bonds. The van der Waals surface area contributed by atoms with Gasteiger partial charge in [0.15, 0.2) is 0 Å². The molecular weight excluding hydrogens is 162 g/mol. The molecule has 0 atom stereocenters. The average Bonchev–Trinajstić information content (AvgIpc) is 2.16. The van der Waals surface area contributed by atoms with E-state index in [0.29, 0.717) is 12.5 Å². The summed E-state index contributed by atoms with van der Waals surface area (Å²) in [5.41, 5.74) is 0.0581. The summed E-state index contributed by atoms with van der Waals surface area (Å²) in [5, 5.41) is 12.9. The quantitative estimate of drug-likeness (QED) is 0.701. The topological polar surface area (TPSA) is 32.3 Å². The molecule has 0 radical (unpaired) electrons. The number of aliphatic hydroxyl groups is 1. The lowest BCUT2D eigenvalue weighted by atomic mass is 9.82. The minimum absolute atomic E-state index is 0.0581. The Morgan fingerprint density at radius 3 is 2.31 bits per heavy atom. The molecule has 0 bridgehead atoms. The average molecular weight is 185 g/mol. The van der Waals surface area contributed by atoms with E-state index in [-0.39, 0.29) is 5.54 Å². The maximum atomic E-state index is 9.39. The highest BCUT2D eigenvalue weighted by Gasteiger charge is 2.30. The molecule has 2 nitrogen and oxygen atoms in total. The van der Waals surface area contributed by atoms with Crippen molar-refractivity contribution >= 4 is 0 Å². The summed E-state index contributed by atoms with van der Waals surface area (Å²) < 4.78 is 0. The zero-order valence-corrected chi connectivity index (χ0v) is 8.97. The first-order chi connectivity index (χ1) is 6.18. The lowest BCUT2D eigenvalue weighted by molar-refractivity contribution is 0.118. The molecule has 0 spiro atoms. The van der Waals surface area contributed by atoms with Gasteiger partial charge in [-0.25, -0.2) is 0 Å². The van der Waals surface area contributed by atoms with Crippen molar-refractivity contribution in [1.29, 1.82) is 0 Å². The van der Waals surface area contributed by atoms with Gasteiger partial charge in [0.2, 0.25) is 0 Å². The maximum Gasteiger partial charge on any atom is 0.0613 e. The van der Waals surface area contributed by atoms with Gasteiger partial charge in [0.1, 0.15) is 0 Å². The highest BCUT2D eigenvalue weighted by molar-refractivity contribution is 4.90. The highest BCUT2D eigenvalue weighted by atomic mass is 16.3. The predicted molar refractivity (Wildman–Crippen MR) is 55.7 cm³/mol. The first kappa shape index (κ1) is 11.0. The number of nitrogens with one attached hydrogen (secondary N) is 1. The Balaban J connectivity index is 2.38. The van der Waals surface area contributed by atoms with Gasteiger partial charge in [-0.2, -0.15) is 0 Å². The predicted octanol–water partition coefficient (Wildman–Crippen LogP) is 1.93. The van der Waals surface area contributed by atoms with Gasteiger partial charge in [-0.1, -0.05) is 33.1 Å². The molecule has 1 aliphatic carbocycles. The summed E-state index contributed by atoms with van der Waals surface area (Å²) in [6.45, 7) is 5.75. The van der Waals surface area contributed by atoms with Gasteiger partial charge in [0.25, 0.3) is 0 Å². The zero-order valence-electron chi connectivity index (χ0n) is 8.97. The fraction of sp³-hybridized carbons (Fsp3) is 1.00. The van der Waals surface area contributed by atoms with E-state index in [9.17, 15) is 5.11 Å². The van der Waals surface area contributed by atoms with Gasteiger partial charge < -0.3 is 10.4 Å². The Morgan fingerprint density at radius 1 is 1.23 bits per heavy atom. The van der Waals surface area contributed by atoms with Crippen LogP contribution in [0.25, 0.3) is 0 Å². The van der Waals surface area contributed by atoms with Crippen LogP contribution >= 0.6 is 0 Å². The molecule has 1 aliphatic rings. The van der Waals surface area contributed by atoms with E-state index in [0.717, 1.165) is 19.4 Å². The molecule has 1 rings (SSSR count). The largest absolute Gasteiger partial charge is 0.394 e. The van der Waals surface area contributed by atoms with Crippen LogP contribution < -0.4 is 5.32 Å². The molecule has 78 valence electrons. The third kappa shape index (κ3) is 3.28. The summed E-state index contributed by atoms with van der Waals surface area (Å²) >= 11 is 0. The number of hydrogen-bond acceptors (Lipinski definition) is 2. The summed E-state index contributed by atoms with van der Waals surface area (Å²) in [4.78, 5) is 0. The van der Waals surface area contributed by atoms with E-state index in [4.69, 9.17) is 0 Å². The molecule has 0 saturated heterocycles. The highest BCUT2D eigenvalue weighted by Crippen LogP contribution is 2.27. The first-order valence-electron chi connectivity index (χ1n) is 5.54. The van der Waals surface area contributed by atoms with E-state index in [1.807, 2.05) is 0 Å². The summed E-state index contributed by atoms with van der Waals surface area (Å²) in [7, 11) is 0. The Bertz CT molecular complexity index is 139. The molecule has 0 aromatic rings. The molecule has 2 heteroatoms. The second kappa shape index (κ2) is 4.97. The lowest BCUT2D eigenvalue weighted by Crippen LogP contribution is -2.51. The SMILES string of the molecule is CC(C)CNC1(CO)CCCCC1. The van der Waals surface area contributed by atoms with Gasteiger partial charge in [0, 0.05) is 5.54 Å². The Hall–Kier alpha value is -0.0800. The van der Waals surface area contributed by atoms with Crippen molar-refractivity contribution < 1.29 is 5.11 Å². The van der Waals surface area contributed by atoms with E-state index < -0.39 is 0 Å². The van der Waals surface area contributed by atoms with Gasteiger partial charge in [0.05, 0.1) is 6.61 Å². The normalized spacial score (nSPS) is 22.2. The van der Waals surface area contributed by atoms with Crippen molar-refractivity contribution in [2.24, 2.45) is 5.92 Å². The number of hydrogen-bond donors (Lipinski definition) is 2. The summed E-state index contributed by atoms with van der Waals surface area (Å²) in [6.07, 6.45) is 6.18. The second-order valence-corrected chi connectivity index (χ2v) is 4.77. The van der Waals surface area contributed by atoms with Gasteiger partial charge in [-0.15, -0.1) is 0 Å². The molecule has 2 N–H and O–H groups in total. The third-order valence-electron chi connectivity index (χ3n) is 3.00. The molecular formula is C11H23NO. The van der Waals surface area contributed by atoms with Crippen molar-refractivity contribution in [2.45, 2.75) is 51.5 Å². The van der Waals surface area contributed by atoms with E-state index >= 15 is 0 Å². The molecule has 0 unspecified atom stereocenters.